The minimum atomic E-state index is 0.523. The monoisotopic (exact) mass is 279 g/mol. The van der Waals surface area contributed by atoms with E-state index < -0.39 is 0 Å². The van der Waals surface area contributed by atoms with Crippen LogP contribution in [0.3, 0.4) is 0 Å². The van der Waals surface area contributed by atoms with Crippen LogP contribution < -0.4 is 5.32 Å². The number of aryl methyl sites for hydroxylation is 2. The summed E-state index contributed by atoms with van der Waals surface area (Å²) in [6, 6.07) is 0.540. The number of hydrogen-bond donors (Lipinski definition) is 1. The lowest BCUT2D eigenvalue weighted by Gasteiger charge is -2.17. The fraction of sp³-hybridized carbons (Fsp3) is 0.812. The molecule has 1 aliphatic heterocycles. The molecule has 4 nitrogen and oxygen atoms in total. The van der Waals surface area contributed by atoms with Crippen molar-refractivity contribution in [2.45, 2.75) is 64.5 Å². The average Bonchev–Trinajstić information content (AvgIpc) is 3.01. The van der Waals surface area contributed by atoms with E-state index in [9.17, 15) is 0 Å². The van der Waals surface area contributed by atoms with Gasteiger partial charge < -0.3 is 10.1 Å². The highest BCUT2D eigenvalue weighted by Gasteiger charge is 2.18. The van der Waals surface area contributed by atoms with E-state index in [4.69, 9.17) is 4.74 Å². The maximum Gasteiger partial charge on any atom is 0.0628 e. The highest BCUT2D eigenvalue weighted by molar-refractivity contribution is 5.25. The summed E-state index contributed by atoms with van der Waals surface area (Å²) in [6.45, 7) is 5.24. The molecule has 0 amide bonds. The molecule has 2 unspecified atom stereocenters. The van der Waals surface area contributed by atoms with E-state index in [2.05, 4.69) is 31.3 Å². The van der Waals surface area contributed by atoms with Gasteiger partial charge in [0.15, 0.2) is 0 Å². The predicted octanol–water partition coefficient (Wildman–Crippen LogP) is 2.52. The molecule has 2 heterocycles. The Bertz CT molecular complexity index is 422. The lowest BCUT2D eigenvalue weighted by atomic mass is 9.98. The molecule has 1 N–H and O–H groups in total. The van der Waals surface area contributed by atoms with Gasteiger partial charge in [-0.25, -0.2) is 0 Å². The molecule has 2 rings (SSSR count). The molecule has 0 radical (unpaired) electrons. The normalized spacial score (nSPS) is 20.5. The van der Waals surface area contributed by atoms with Crippen LogP contribution in [-0.2, 0) is 18.2 Å². The molecule has 0 aromatic carbocycles. The molecule has 0 saturated carbocycles. The number of likely N-dealkylation sites (N-methyl/N-ethyl adjacent to an activating group) is 1. The first-order chi connectivity index (χ1) is 9.61. The van der Waals surface area contributed by atoms with Gasteiger partial charge in [-0.1, -0.05) is 0 Å². The zero-order valence-electron chi connectivity index (χ0n) is 13.4. The molecule has 1 aromatic rings. The minimum Gasteiger partial charge on any atom is -0.378 e. The van der Waals surface area contributed by atoms with E-state index in [1.807, 2.05) is 11.7 Å². The van der Waals surface area contributed by atoms with Crippen LogP contribution in [0.4, 0.5) is 0 Å². The molecule has 20 heavy (non-hydrogen) atoms. The first-order valence-electron chi connectivity index (χ1n) is 7.89. The van der Waals surface area contributed by atoms with Crippen molar-refractivity contribution in [2.24, 2.45) is 7.05 Å². The zero-order valence-corrected chi connectivity index (χ0v) is 13.4. The summed E-state index contributed by atoms with van der Waals surface area (Å²) in [5.41, 5.74) is 3.87. The van der Waals surface area contributed by atoms with Crippen molar-refractivity contribution in [3.8, 4) is 0 Å². The van der Waals surface area contributed by atoms with Gasteiger partial charge in [0, 0.05) is 25.4 Å². The minimum absolute atomic E-state index is 0.523. The fourth-order valence-corrected chi connectivity index (χ4v) is 3.17. The molecule has 0 aliphatic carbocycles. The Morgan fingerprint density at radius 1 is 1.45 bits per heavy atom. The first-order valence-corrected chi connectivity index (χ1v) is 7.89. The van der Waals surface area contributed by atoms with E-state index in [1.165, 1.54) is 49.1 Å². The van der Waals surface area contributed by atoms with Crippen molar-refractivity contribution in [1.82, 2.24) is 15.1 Å². The van der Waals surface area contributed by atoms with Crippen molar-refractivity contribution >= 4 is 0 Å². The third-order valence-corrected chi connectivity index (χ3v) is 4.62. The van der Waals surface area contributed by atoms with E-state index in [-0.39, 0.29) is 0 Å². The smallest absolute Gasteiger partial charge is 0.0628 e. The summed E-state index contributed by atoms with van der Waals surface area (Å²) in [5.74, 6) is 0. The van der Waals surface area contributed by atoms with Crippen LogP contribution in [0.2, 0.25) is 0 Å². The number of aromatic nitrogens is 2. The maximum absolute atomic E-state index is 5.69. The Morgan fingerprint density at radius 3 is 2.80 bits per heavy atom. The highest BCUT2D eigenvalue weighted by atomic mass is 16.5. The highest BCUT2D eigenvalue weighted by Crippen LogP contribution is 2.20. The van der Waals surface area contributed by atoms with E-state index in [0.29, 0.717) is 12.1 Å². The van der Waals surface area contributed by atoms with Crippen LogP contribution in [0.25, 0.3) is 0 Å². The largest absolute Gasteiger partial charge is 0.378 e. The van der Waals surface area contributed by atoms with Gasteiger partial charge in [0.25, 0.3) is 0 Å². The molecule has 1 saturated heterocycles. The summed E-state index contributed by atoms with van der Waals surface area (Å²) >= 11 is 0. The van der Waals surface area contributed by atoms with Gasteiger partial charge >= 0.3 is 0 Å². The SMILES string of the molecule is CNC(CCCC1CCCO1)Cc1c(C)nn(C)c1C. The summed E-state index contributed by atoms with van der Waals surface area (Å²) in [6.07, 6.45) is 7.77. The van der Waals surface area contributed by atoms with Crippen molar-refractivity contribution in [3.05, 3.63) is 17.0 Å². The van der Waals surface area contributed by atoms with E-state index >= 15 is 0 Å². The molecule has 2 atom stereocenters. The summed E-state index contributed by atoms with van der Waals surface area (Å²) in [5, 5.41) is 7.97. The molecular formula is C16H29N3O. The fourth-order valence-electron chi connectivity index (χ4n) is 3.17. The van der Waals surface area contributed by atoms with Gasteiger partial charge in [0.05, 0.1) is 11.8 Å². The Morgan fingerprint density at radius 2 is 2.25 bits per heavy atom. The van der Waals surface area contributed by atoms with E-state index in [1.54, 1.807) is 0 Å². The molecule has 1 aromatic heterocycles. The third kappa shape index (κ3) is 3.83. The first kappa shape index (κ1) is 15.5. The number of nitrogens with zero attached hydrogens (tertiary/aromatic N) is 2. The summed E-state index contributed by atoms with van der Waals surface area (Å²) in [7, 11) is 4.09. The van der Waals surface area contributed by atoms with Gasteiger partial charge in [-0.15, -0.1) is 0 Å². The lowest BCUT2D eigenvalue weighted by Crippen LogP contribution is -2.28. The molecule has 114 valence electrons. The van der Waals surface area contributed by atoms with Gasteiger partial charge in [0.1, 0.15) is 0 Å². The average molecular weight is 279 g/mol. The maximum atomic E-state index is 5.69. The molecule has 0 spiro atoms. The molecule has 4 heteroatoms. The van der Waals surface area contributed by atoms with Crippen LogP contribution in [-0.4, -0.2) is 35.6 Å². The zero-order chi connectivity index (χ0) is 14.5. The van der Waals surface area contributed by atoms with Gasteiger partial charge in [-0.05, 0) is 65.0 Å². The van der Waals surface area contributed by atoms with Gasteiger partial charge in [-0.2, -0.15) is 5.10 Å². The second-order valence-electron chi connectivity index (χ2n) is 6.03. The third-order valence-electron chi connectivity index (χ3n) is 4.62. The Labute approximate surface area is 122 Å². The predicted molar refractivity (Wildman–Crippen MR) is 82.1 cm³/mol. The second-order valence-corrected chi connectivity index (χ2v) is 6.03. The lowest BCUT2D eigenvalue weighted by molar-refractivity contribution is 0.101. The van der Waals surface area contributed by atoms with Crippen LogP contribution in [0.15, 0.2) is 0 Å². The van der Waals surface area contributed by atoms with Gasteiger partial charge in [0.2, 0.25) is 0 Å². The molecule has 0 bridgehead atoms. The topological polar surface area (TPSA) is 39.1 Å². The Hall–Kier alpha value is -0.870. The molecule has 1 aliphatic rings. The number of rotatable bonds is 7. The number of ether oxygens (including phenoxy) is 1. The standard InChI is InChI=1S/C16H29N3O/c1-12-16(13(2)19(4)18-12)11-14(17-3)7-5-8-15-9-6-10-20-15/h14-15,17H,5-11H2,1-4H3. The van der Waals surface area contributed by atoms with Crippen molar-refractivity contribution in [2.75, 3.05) is 13.7 Å². The van der Waals surface area contributed by atoms with Crippen LogP contribution in [0, 0.1) is 13.8 Å². The Kier molecular flexibility index (Phi) is 5.61. The summed E-state index contributed by atoms with van der Waals surface area (Å²) < 4.78 is 7.68. The number of hydrogen-bond acceptors (Lipinski definition) is 3. The van der Waals surface area contributed by atoms with Crippen molar-refractivity contribution < 1.29 is 4.74 Å². The number of nitrogens with one attached hydrogen (secondary N) is 1. The second kappa shape index (κ2) is 7.23. The quantitative estimate of drug-likeness (QED) is 0.833. The van der Waals surface area contributed by atoms with Crippen molar-refractivity contribution in [3.63, 3.8) is 0 Å². The molecule has 1 fully saturated rings. The van der Waals surface area contributed by atoms with Crippen LogP contribution in [0.1, 0.15) is 49.1 Å². The Balaban J connectivity index is 1.82. The van der Waals surface area contributed by atoms with Crippen molar-refractivity contribution in [1.29, 1.82) is 0 Å². The van der Waals surface area contributed by atoms with E-state index in [0.717, 1.165) is 13.0 Å². The van der Waals surface area contributed by atoms with Crippen LogP contribution in [0.5, 0.6) is 0 Å². The van der Waals surface area contributed by atoms with Gasteiger partial charge in [-0.3, -0.25) is 4.68 Å². The summed E-state index contributed by atoms with van der Waals surface area (Å²) in [4.78, 5) is 0. The molecular weight excluding hydrogens is 250 g/mol. The van der Waals surface area contributed by atoms with Crippen LogP contribution >= 0.6 is 0 Å².